The van der Waals surface area contributed by atoms with Gasteiger partial charge in [-0.1, -0.05) is 12.1 Å². The molecule has 1 aromatic carbocycles. The van der Waals surface area contributed by atoms with Crippen molar-refractivity contribution in [2.75, 3.05) is 19.6 Å². The Bertz CT molecular complexity index is 400. The first-order valence-corrected chi connectivity index (χ1v) is 6.03. The SMILES string of the molecule is CCN(C(=O)c1ccccc1O)C1CCNC1. The van der Waals surface area contributed by atoms with E-state index in [-0.39, 0.29) is 17.7 Å². The Morgan fingerprint density at radius 3 is 2.88 bits per heavy atom. The minimum atomic E-state index is -0.0840. The highest BCUT2D eigenvalue weighted by Gasteiger charge is 2.27. The zero-order valence-electron chi connectivity index (χ0n) is 10.0. The van der Waals surface area contributed by atoms with Gasteiger partial charge >= 0.3 is 0 Å². The molecule has 2 N–H and O–H groups in total. The number of benzene rings is 1. The summed E-state index contributed by atoms with van der Waals surface area (Å²) in [7, 11) is 0. The zero-order chi connectivity index (χ0) is 12.3. The van der Waals surface area contributed by atoms with Crippen molar-refractivity contribution in [3.8, 4) is 5.75 Å². The monoisotopic (exact) mass is 234 g/mol. The molecule has 0 bridgehead atoms. The molecule has 0 spiro atoms. The molecule has 0 aliphatic carbocycles. The number of hydrogen-bond acceptors (Lipinski definition) is 3. The molecule has 1 saturated heterocycles. The number of rotatable bonds is 3. The van der Waals surface area contributed by atoms with Gasteiger partial charge in [0, 0.05) is 19.1 Å². The maximum Gasteiger partial charge on any atom is 0.257 e. The van der Waals surface area contributed by atoms with E-state index in [0.717, 1.165) is 19.5 Å². The Morgan fingerprint density at radius 1 is 1.53 bits per heavy atom. The summed E-state index contributed by atoms with van der Waals surface area (Å²) >= 11 is 0. The number of aromatic hydroxyl groups is 1. The van der Waals surface area contributed by atoms with Crippen LogP contribution in [0.2, 0.25) is 0 Å². The largest absolute Gasteiger partial charge is 0.507 e. The van der Waals surface area contributed by atoms with Gasteiger partial charge < -0.3 is 15.3 Å². The lowest BCUT2D eigenvalue weighted by Gasteiger charge is -2.27. The molecular weight excluding hydrogens is 216 g/mol. The number of likely N-dealkylation sites (N-methyl/N-ethyl adjacent to an activating group) is 1. The number of carbonyl (C=O) groups is 1. The van der Waals surface area contributed by atoms with Crippen LogP contribution >= 0.6 is 0 Å². The summed E-state index contributed by atoms with van der Waals surface area (Å²) in [5, 5.41) is 13.0. The Kier molecular flexibility index (Phi) is 3.64. The summed E-state index contributed by atoms with van der Waals surface area (Å²) in [6.45, 7) is 4.43. The fourth-order valence-corrected chi connectivity index (χ4v) is 2.28. The zero-order valence-corrected chi connectivity index (χ0v) is 10.0. The third kappa shape index (κ3) is 2.42. The molecule has 4 nitrogen and oxygen atoms in total. The topological polar surface area (TPSA) is 52.6 Å². The lowest BCUT2D eigenvalue weighted by atomic mass is 10.1. The lowest BCUT2D eigenvalue weighted by molar-refractivity contribution is 0.0700. The van der Waals surface area contributed by atoms with E-state index >= 15 is 0 Å². The number of amides is 1. The molecule has 1 unspecified atom stereocenters. The molecule has 0 radical (unpaired) electrons. The molecule has 1 aliphatic rings. The number of nitrogens with one attached hydrogen (secondary N) is 1. The number of para-hydroxylation sites is 1. The Hall–Kier alpha value is -1.55. The van der Waals surface area contributed by atoms with Gasteiger partial charge in [0.15, 0.2) is 0 Å². The smallest absolute Gasteiger partial charge is 0.257 e. The second-order valence-corrected chi connectivity index (χ2v) is 4.25. The van der Waals surface area contributed by atoms with Crippen molar-refractivity contribution in [1.82, 2.24) is 10.2 Å². The van der Waals surface area contributed by atoms with Crippen LogP contribution in [0.25, 0.3) is 0 Å². The van der Waals surface area contributed by atoms with Crippen molar-refractivity contribution in [2.24, 2.45) is 0 Å². The fraction of sp³-hybridized carbons (Fsp3) is 0.462. The van der Waals surface area contributed by atoms with Crippen molar-refractivity contribution in [3.63, 3.8) is 0 Å². The molecular formula is C13H18N2O2. The van der Waals surface area contributed by atoms with Crippen LogP contribution in [0, 0.1) is 0 Å². The average Bonchev–Trinajstić information content (AvgIpc) is 2.84. The fourth-order valence-electron chi connectivity index (χ4n) is 2.28. The number of nitrogens with zero attached hydrogens (tertiary/aromatic N) is 1. The summed E-state index contributed by atoms with van der Waals surface area (Å²) in [5.41, 5.74) is 0.390. The Balaban J connectivity index is 2.20. The van der Waals surface area contributed by atoms with E-state index in [1.807, 2.05) is 11.8 Å². The molecule has 1 fully saturated rings. The van der Waals surface area contributed by atoms with Crippen LogP contribution in [0.1, 0.15) is 23.7 Å². The minimum absolute atomic E-state index is 0.0573. The van der Waals surface area contributed by atoms with E-state index in [2.05, 4.69) is 5.32 Å². The highest BCUT2D eigenvalue weighted by atomic mass is 16.3. The van der Waals surface area contributed by atoms with Crippen molar-refractivity contribution in [3.05, 3.63) is 29.8 Å². The normalized spacial score (nSPS) is 19.2. The first-order chi connectivity index (χ1) is 8.24. The van der Waals surface area contributed by atoms with Crippen LogP contribution in [-0.2, 0) is 0 Å². The van der Waals surface area contributed by atoms with Crippen molar-refractivity contribution in [2.45, 2.75) is 19.4 Å². The van der Waals surface area contributed by atoms with E-state index in [0.29, 0.717) is 12.1 Å². The maximum absolute atomic E-state index is 12.3. The summed E-state index contributed by atoms with van der Waals surface area (Å²) in [4.78, 5) is 14.2. The molecule has 2 rings (SSSR count). The molecule has 1 atom stereocenters. The lowest BCUT2D eigenvalue weighted by Crippen LogP contribution is -2.41. The molecule has 0 saturated carbocycles. The van der Waals surface area contributed by atoms with Gasteiger partial charge in [0.25, 0.3) is 5.91 Å². The first-order valence-electron chi connectivity index (χ1n) is 6.03. The number of phenolic OH excluding ortho intramolecular Hbond substituents is 1. The molecule has 17 heavy (non-hydrogen) atoms. The standard InChI is InChI=1S/C13H18N2O2/c1-2-15(10-7-8-14-9-10)13(17)11-5-3-4-6-12(11)16/h3-6,10,14,16H,2,7-9H2,1H3. The highest BCUT2D eigenvalue weighted by molar-refractivity contribution is 5.97. The summed E-state index contributed by atoms with van der Waals surface area (Å²) in [6.07, 6.45) is 0.979. The van der Waals surface area contributed by atoms with Crippen molar-refractivity contribution >= 4 is 5.91 Å². The summed E-state index contributed by atoms with van der Waals surface area (Å²) < 4.78 is 0. The van der Waals surface area contributed by atoms with E-state index in [9.17, 15) is 9.90 Å². The Labute approximate surface area is 101 Å². The van der Waals surface area contributed by atoms with Gasteiger partial charge in [-0.15, -0.1) is 0 Å². The maximum atomic E-state index is 12.3. The van der Waals surface area contributed by atoms with E-state index < -0.39 is 0 Å². The molecule has 4 heteroatoms. The molecule has 1 aliphatic heterocycles. The van der Waals surface area contributed by atoms with E-state index in [4.69, 9.17) is 0 Å². The predicted octanol–water partition coefficient (Wildman–Crippen LogP) is 1.22. The van der Waals surface area contributed by atoms with Crippen LogP contribution in [-0.4, -0.2) is 41.6 Å². The number of phenols is 1. The van der Waals surface area contributed by atoms with Gasteiger partial charge in [-0.3, -0.25) is 4.79 Å². The van der Waals surface area contributed by atoms with Gasteiger partial charge in [-0.05, 0) is 32.0 Å². The Morgan fingerprint density at radius 2 is 2.29 bits per heavy atom. The van der Waals surface area contributed by atoms with Crippen LogP contribution in [0.4, 0.5) is 0 Å². The van der Waals surface area contributed by atoms with Crippen LogP contribution in [0.5, 0.6) is 5.75 Å². The minimum Gasteiger partial charge on any atom is -0.507 e. The quantitative estimate of drug-likeness (QED) is 0.826. The summed E-state index contributed by atoms with van der Waals surface area (Å²) in [6, 6.07) is 6.95. The molecule has 92 valence electrons. The third-order valence-electron chi connectivity index (χ3n) is 3.21. The first kappa shape index (κ1) is 11.9. The predicted molar refractivity (Wildman–Crippen MR) is 66.1 cm³/mol. The molecule has 1 aromatic rings. The summed E-state index contributed by atoms with van der Waals surface area (Å²) in [5.74, 6) is -0.0267. The second-order valence-electron chi connectivity index (χ2n) is 4.25. The van der Waals surface area contributed by atoms with Crippen LogP contribution < -0.4 is 5.32 Å². The molecule has 0 aromatic heterocycles. The van der Waals surface area contributed by atoms with Crippen LogP contribution in [0.15, 0.2) is 24.3 Å². The van der Waals surface area contributed by atoms with Crippen molar-refractivity contribution < 1.29 is 9.90 Å². The number of carbonyl (C=O) groups excluding carboxylic acids is 1. The molecule has 1 heterocycles. The number of hydrogen-bond donors (Lipinski definition) is 2. The third-order valence-corrected chi connectivity index (χ3v) is 3.21. The van der Waals surface area contributed by atoms with E-state index in [1.54, 1.807) is 24.3 Å². The van der Waals surface area contributed by atoms with Gasteiger partial charge in [-0.25, -0.2) is 0 Å². The second kappa shape index (κ2) is 5.19. The van der Waals surface area contributed by atoms with Gasteiger partial charge in [0.2, 0.25) is 0 Å². The van der Waals surface area contributed by atoms with Gasteiger partial charge in [-0.2, -0.15) is 0 Å². The van der Waals surface area contributed by atoms with Gasteiger partial charge in [0.05, 0.1) is 5.56 Å². The molecule has 1 amide bonds. The van der Waals surface area contributed by atoms with Gasteiger partial charge in [0.1, 0.15) is 5.75 Å². The van der Waals surface area contributed by atoms with Crippen molar-refractivity contribution in [1.29, 1.82) is 0 Å². The van der Waals surface area contributed by atoms with Crippen LogP contribution in [0.3, 0.4) is 0 Å². The average molecular weight is 234 g/mol. The highest BCUT2D eigenvalue weighted by Crippen LogP contribution is 2.20. The van der Waals surface area contributed by atoms with E-state index in [1.165, 1.54) is 0 Å².